The Kier molecular flexibility index (Phi) is 7.19. The minimum absolute atomic E-state index is 0.483. The Labute approximate surface area is 139 Å². The number of thiophene rings is 1. The van der Waals surface area contributed by atoms with Crippen LogP contribution in [0.2, 0.25) is 0 Å². The van der Waals surface area contributed by atoms with Crippen molar-refractivity contribution in [3.63, 3.8) is 0 Å². The summed E-state index contributed by atoms with van der Waals surface area (Å²) < 4.78 is 0. The average Bonchev–Trinajstić information content (AvgIpc) is 3.04. The van der Waals surface area contributed by atoms with Crippen LogP contribution < -0.4 is 10.6 Å². The molecular weight excluding hydrogens is 292 g/mol. The summed E-state index contributed by atoms with van der Waals surface area (Å²) in [4.78, 5) is 8.60. The van der Waals surface area contributed by atoms with Gasteiger partial charge in [0.2, 0.25) is 0 Å². The predicted molar refractivity (Wildman–Crippen MR) is 96.9 cm³/mol. The first-order chi connectivity index (χ1) is 10.7. The highest BCUT2D eigenvalue weighted by molar-refractivity contribution is 7.10. The van der Waals surface area contributed by atoms with Crippen molar-refractivity contribution in [2.24, 2.45) is 10.9 Å². The topological polar surface area (TPSA) is 39.7 Å². The molecule has 2 N–H and O–H groups in total. The van der Waals surface area contributed by atoms with E-state index in [2.05, 4.69) is 53.9 Å². The van der Waals surface area contributed by atoms with Crippen LogP contribution in [0.5, 0.6) is 0 Å². The van der Waals surface area contributed by atoms with Gasteiger partial charge in [0.25, 0.3) is 0 Å². The van der Waals surface area contributed by atoms with Crippen molar-refractivity contribution in [1.82, 2.24) is 15.5 Å². The van der Waals surface area contributed by atoms with Gasteiger partial charge in [0, 0.05) is 30.4 Å². The van der Waals surface area contributed by atoms with Crippen molar-refractivity contribution >= 4 is 17.3 Å². The van der Waals surface area contributed by atoms with E-state index in [4.69, 9.17) is 4.99 Å². The molecule has 0 aromatic carbocycles. The smallest absolute Gasteiger partial charge is 0.191 e. The third-order valence-corrected chi connectivity index (χ3v) is 5.28. The zero-order valence-electron chi connectivity index (χ0n) is 14.1. The number of guanidine groups is 1. The normalized spacial score (nSPS) is 21.6. The van der Waals surface area contributed by atoms with Gasteiger partial charge in [0.05, 0.1) is 6.54 Å². The predicted octanol–water partition coefficient (Wildman–Crippen LogP) is 2.75. The molecule has 2 unspecified atom stereocenters. The van der Waals surface area contributed by atoms with Gasteiger partial charge >= 0.3 is 0 Å². The summed E-state index contributed by atoms with van der Waals surface area (Å²) in [6, 6.07) is 4.31. The lowest BCUT2D eigenvalue weighted by atomic mass is 9.99. The first-order valence-corrected chi connectivity index (χ1v) is 9.31. The number of nitrogens with one attached hydrogen (secondary N) is 2. The van der Waals surface area contributed by atoms with Crippen molar-refractivity contribution in [3.8, 4) is 0 Å². The standard InChI is InChI=1S/C17H30N4S/c1-4-18-17(19-11-14(2)16-8-6-10-22-16)20-12-15-7-5-9-21(3)13-15/h6,8,10,14-15H,4-5,7,9,11-13H2,1-3H3,(H2,18,19,20). The van der Waals surface area contributed by atoms with Gasteiger partial charge in [0.15, 0.2) is 5.96 Å². The number of hydrogen-bond acceptors (Lipinski definition) is 3. The summed E-state index contributed by atoms with van der Waals surface area (Å²) in [7, 11) is 2.22. The number of likely N-dealkylation sites (tertiary alicyclic amines) is 1. The molecule has 2 rings (SSSR count). The van der Waals surface area contributed by atoms with E-state index in [1.54, 1.807) is 0 Å². The van der Waals surface area contributed by atoms with Crippen LogP contribution in [0.1, 0.15) is 37.5 Å². The van der Waals surface area contributed by atoms with Crippen LogP contribution in [0.25, 0.3) is 0 Å². The van der Waals surface area contributed by atoms with E-state index in [1.165, 1.54) is 30.8 Å². The Morgan fingerprint density at radius 3 is 3.05 bits per heavy atom. The molecule has 1 fully saturated rings. The molecule has 1 aromatic heterocycles. The van der Waals surface area contributed by atoms with Crippen molar-refractivity contribution in [3.05, 3.63) is 22.4 Å². The largest absolute Gasteiger partial charge is 0.357 e. The van der Waals surface area contributed by atoms with Crippen LogP contribution in [0.15, 0.2) is 22.5 Å². The molecule has 2 heterocycles. The lowest BCUT2D eigenvalue weighted by Gasteiger charge is -2.30. The van der Waals surface area contributed by atoms with Gasteiger partial charge in [-0.1, -0.05) is 13.0 Å². The SMILES string of the molecule is CCNC(=NCC(C)c1cccs1)NCC1CCCN(C)C1. The van der Waals surface area contributed by atoms with Gasteiger partial charge in [-0.05, 0) is 50.7 Å². The molecule has 0 spiro atoms. The molecule has 22 heavy (non-hydrogen) atoms. The van der Waals surface area contributed by atoms with Gasteiger partial charge < -0.3 is 15.5 Å². The van der Waals surface area contributed by atoms with E-state index in [0.29, 0.717) is 5.92 Å². The average molecular weight is 323 g/mol. The third-order valence-electron chi connectivity index (χ3n) is 4.18. The number of piperidine rings is 1. The maximum absolute atomic E-state index is 4.76. The van der Waals surface area contributed by atoms with E-state index >= 15 is 0 Å². The van der Waals surface area contributed by atoms with E-state index in [-0.39, 0.29) is 0 Å². The second kappa shape index (κ2) is 9.16. The molecule has 124 valence electrons. The van der Waals surface area contributed by atoms with E-state index in [1.807, 2.05) is 11.3 Å². The maximum atomic E-state index is 4.76. The number of nitrogens with zero attached hydrogens (tertiary/aromatic N) is 2. The van der Waals surface area contributed by atoms with Crippen LogP contribution in [-0.2, 0) is 0 Å². The van der Waals surface area contributed by atoms with Crippen LogP contribution in [0, 0.1) is 5.92 Å². The monoisotopic (exact) mass is 322 g/mol. The molecule has 1 aliphatic rings. The van der Waals surface area contributed by atoms with E-state index < -0.39 is 0 Å². The van der Waals surface area contributed by atoms with Crippen LogP contribution in [0.3, 0.4) is 0 Å². The molecule has 1 saturated heterocycles. The second-order valence-electron chi connectivity index (χ2n) is 6.29. The molecule has 0 aliphatic carbocycles. The molecule has 0 saturated carbocycles. The molecule has 1 aromatic rings. The molecule has 5 heteroatoms. The summed E-state index contributed by atoms with van der Waals surface area (Å²) in [5.74, 6) is 2.17. The fourth-order valence-electron chi connectivity index (χ4n) is 2.91. The first kappa shape index (κ1) is 17.3. The number of aliphatic imine (C=N–C) groups is 1. The van der Waals surface area contributed by atoms with Crippen molar-refractivity contribution < 1.29 is 0 Å². The quantitative estimate of drug-likeness (QED) is 0.625. The zero-order valence-corrected chi connectivity index (χ0v) is 15.0. The highest BCUT2D eigenvalue weighted by Crippen LogP contribution is 2.20. The minimum Gasteiger partial charge on any atom is -0.357 e. The van der Waals surface area contributed by atoms with Gasteiger partial charge in [-0.15, -0.1) is 11.3 Å². The summed E-state index contributed by atoms with van der Waals surface area (Å²) in [5, 5.41) is 9.03. The Hall–Kier alpha value is -1.07. The summed E-state index contributed by atoms with van der Waals surface area (Å²) >= 11 is 1.82. The van der Waals surface area contributed by atoms with Gasteiger partial charge in [0.1, 0.15) is 0 Å². The zero-order chi connectivity index (χ0) is 15.8. The molecule has 0 radical (unpaired) electrons. The second-order valence-corrected chi connectivity index (χ2v) is 7.27. The van der Waals surface area contributed by atoms with Gasteiger partial charge in [-0.3, -0.25) is 4.99 Å². The Morgan fingerprint density at radius 2 is 2.36 bits per heavy atom. The highest BCUT2D eigenvalue weighted by Gasteiger charge is 2.17. The lowest BCUT2D eigenvalue weighted by molar-refractivity contribution is 0.210. The molecule has 4 nitrogen and oxygen atoms in total. The molecule has 1 aliphatic heterocycles. The summed E-state index contributed by atoms with van der Waals surface area (Å²) in [6.07, 6.45) is 2.63. The lowest BCUT2D eigenvalue weighted by Crippen LogP contribution is -2.43. The first-order valence-electron chi connectivity index (χ1n) is 8.43. The van der Waals surface area contributed by atoms with E-state index in [0.717, 1.165) is 31.5 Å². The Bertz CT molecular complexity index is 444. The van der Waals surface area contributed by atoms with Crippen molar-refractivity contribution in [1.29, 1.82) is 0 Å². The summed E-state index contributed by atoms with van der Waals surface area (Å²) in [5.41, 5.74) is 0. The minimum atomic E-state index is 0.483. The van der Waals surface area contributed by atoms with Crippen LogP contribution >= 0.6 is 11.3 Å². The number of hydrogen-bond donors (Lipinski definition) is 2. The van der Waals surface area contributed by atoms with Gasteiger partial charge in [-0.2, -0.15) is 0 Å². The van der Waals surface area contributed by atoms with E-state index in [9.17, 15) is 0 Å². The van der Waals surface area contributed by atoms with Gasteiger partial charge in [-0.25, -0.2) is 0 Å². The maximum Gasteiger partial charge on any atom is 0.191 e. The molecule has 0 amide bonds. The Morgan fingerprint density at radius 1 is 1.50 bits per heavy atom. The Balaban J connectivity index is 1.81. The van der Waals surface area contributed by atoms with Crippen LogP contribution in [-0.4, -0.2) is 50.6 Å². The highest BCUT2D eigenvalue weighted by atomic mass is 32.1. The fourth-order valence-corrected chi connectivity index (χ4v) is 3.69. The number of rotatable bonds is 6. The van der Waals surface area contributed by atoms with Crippen molar-refractivity contribution in [2.75, 3.05) is 39.8 Å². The van der Waals surface area contributed by atoms with Crippen molar-refractivity contribution in [2.45, 2.75) is 32.6 Å². The molecular formula is C17H30N4S. The molecule has 2 atom stereocenters. The fraction of sp³-hybridized carbons (Fsp3) is 0.706. The van der Waals surface area contributed by atoms with Crippen LogP contribution in [0.4, 0.5) is 0 Å². The third kappa shape index (κ3) is 5.61. The molecule has 0 bridgehead atoms. The summed E-state index contributed by atoms with van der Waals surface area (Å²) in [6.45, 7) is 9.55.